The predicted octanol–water partition coefficient (Wildman–Crippen LogP) is 4.26. The Morgan fingerprint density at radius 1 is 1.09 bits per heavy atom. The molecule has 0 unspecified atom stereocenters. The first-order chi connectivity index (χ1) is 10.7. The van der Waals surface area contributed by atoms with Gasteiger partial charge in [-0.2, -0.15) is 8.42 Å². The Morgan fingerprint density at radius 2 is 1.57 bits per heavy atom. The van der Waals surface area contributed by atoms with E-state index in [0.717, 1.165) is 5.56 Å². The molecule has 0 aliphatic heterocycles. The zero-order chi connectivity index (χ0) is 17.4. The SMILES string of the molecule is C=Cc1ccc(Oc2c(C)c(F)c(S(=O)(=O)O)c(F)c2C)cc1. The van der Waals surface area contributed by atoms with Crippen molar-refractivity contribution in [2.75, 3.05) is 0 Å². The van der Waals surface area contributed by atoms with Gasteiger partial charge in [-0.05, 0) is 31.5 Å². The summed E-state index contributed by atoms with van der Waals surface area (Å²) in [5.74, 6) is -2.58. The Labute approximate surface area is 132 Å². The van der Waals surface area contributed by atoms with Crippen LogP contribution < -0.4 is 4.74 Å². The number of rotatable bonds is 4. The molecule has 0 radical (unpaired) electrons. The summed E-state index contributed by atoms with van der Waals surface area (Å²) in [4.78, 5) is -1.37. The first-order valence-electron chi connectivity index (χ1n) is 6.52. The lowest BCUT2D eigenvalue weighted by molar-refractivity contribution is 0.430. The summed E-state index contributed by atoms with van der Waals surface area (Å²) in [7, 11) is -5.02. The van der Waals surface area contributed by atoms with Crippen LogP contribution >= 0.6 is 0 Å². The molecule has 0 aromatic heterocycles. The van der Waals surface area contributed by atoms with Crippen LogP contribution in [0, 0.1) is 25.5 Å². The normalized spacial score (nSPS) is 11.3. The standard InChI is InChI=1S/C16H14F2O4S/c1-4-11-5-7-12(8-6-11)22-15-9(2)13(17)16(23(19,20)21)14(18)10(15)3/h4-8H,1H2,2-3H3,(H,19,20,21). The molecule has 4 nitrogen and oxygen atoms in total. The van der Waals surface area contributed by atoms with E-state index in [9.17, 15) is 17.2 Å². The van der Waals surface area contributed by atoms with E-state index < -0.39 is 26.6 Å². The summed E-state index contributed by atoms with van der Waals surface area (Å²) in [6.45, 7) is 6.09. The lowest BCUT2D eigenvalue weighted by Gasteiger charge is -2.15. The summed E-state index contributed by atoms with van der Waals surface area (Å²) in [5.41, 5.74) is 0.401. The van der Waals surface area contributed by atoms with Crippen molar-refractivity contribution in [2.24, 2.45) is 0 Å². The van der Waals surface area contributed by atoms with Gasteiger partial charge in [-0.1, -0.05) is 24.8 Å². The molecular weight excluding hydrogens is 326 g/mol. The van der Waals surface area contributed by atoms with E-state index in [1.54, 1.807) is 30.3 Å². The number of ether oxygens (including phenoxy) is 1. The average molecular weight is 340 g/mol. The van der Waals surface area contributed by atoms with Gasteiger partial charge in [0.2, 0.25) is 0 Å². The second kappa shape index (κ2) is 6.10. The van der Waals surface area contributed by atoms with E-state index in [1.807, 2.05) is 0 Å². The van der Waals surface area contributed by atoms with Gasteiger partial charge in [0.1, 0.15) is 11.5 Å². The van der Waals surface area contributed by atoms with Crippen molar-refractivity contribution in [2.45, 2.75) is 18.7 Å². The molecule has 0 heterocycles. The second-order valence-electron chi connectivity index (χ2n) is 4.89. The van der Waals surface area contributed by atoms with Crippen LogP contribution in [0.25, 0.3) is 6.08 Å². The molecule has 2 aromatic rings. The van der Waals surface area contributed by atoms with E-state index in [2.05, 4.69) is 6.58 Å². The van der Waals surface area contributed by atoms with E-state index >= 15 is 0 Å². The molecular formula is C16H14F2O4S. The Morgan fingerprint density at radius 3 is 1.96 bits per heavy atom. The fourth-order valence-electron chi connectivity index (χ4n) is 2.09. The van der Waals surface area contributed by atoms with Crippen molar-refractivity contribution in [3.05, 3.63) is 59.2 Å². The highest BCUT2D eigenvalue weighted by Crippen LogP contribution is 2.36. The Bertz CT molecular complexity index is 843. The molecule has 0 aliphatic rings. The average Bonchev–Trinajstić information content (AvgIpc) is 2.49. The monoisotopic (exact) mass is 340 g/mol. The summed E-state index contributed by atoms with van der Waals surface area (Å²) in [6, 6.07) is 6.57. The molecule has 0 atom stereocenters. The van der Waals surface area contributed by atoms with Crippen molar-refractivity contribution >= 4 is 16.2 Å². The summed E-state index contributed by atoms with van der Waals surface area (Å²) < 4.78 is 65.0. The van der Waals surface area contributed by atoms with Crippen LogP contribution in [-0.2, 0) is 10.1 Å². The maximum absolute atomic E-state index is 14.1. The number of hydrogen-bond donors (Lipinski definition) is 1. The van der Waals surface area contributed by atoms with Crippen molar-refractivity contribution in [1.82, 2.24) is 0 Å². The van der Waals surface area contributed by atoms with Gasteiger partial charge in [0.05, 0.1) is 0 Å². The molecule has 122 valence electrons. The Balaban J connectivity index is 2.57. The van der Waals surface area contributed by atoms with Crippen molar-refractivity contribution < 1.29 is 26.5 Å². The van der Waals surface area contributed by atoms with Crippen molar-refractivity contribution in [1.29, 1.82) is 0 Å². The smallest absolute Gasteiger partial charge is 0.300 e. The number of hydrogen-bond acceptors (Lipinski definition) is 3. The number of halogens is 2. The first-order valence-corrected chi connectivity index (χ1v) is 7.96. The lowest BCUT2D eigenvalue weighted by atomic mass is 10.1. The van der Waals surface area contributed by atoms with Gasteiger partial charge in [-0.25, -0.2) is 8.78 Å². The summed E-state index contributed by atoms with van der Waals surface area (Å²) in [6.07, 6.45) is 1.63. The maximum atomic E-state index is 14.1. The van der Waals surface area contributed by atoms with Crippen LogP contribution in [0.5, 0.6) is 11.5 Å². The molecule has 23 heavy (non-hydrogen) atoms. The molecule has 0 spiro atoms. The van der Waals surface area contributed by atoms with Gasteiger partial charge in [-0.3, -0.25) is 4.55 Å². The van der Waals surface area contributed by atoms with Gasteiger partial charge in [0.25, 0.3) is 10.1 Å². The molecule has 2 rings (SSSR count). The minimum Gasteiger partial charge on any atom is -0.457 e. The van der Waals surface area contributed by atoms with Gasteiger partial charge in [0, 0.05) is 11.1 Å². The van der Waals surface area contributed by atoms with E-state index in [4.69, 9.17) is 9.29 Å². The quantitative estimate of drug-likeness (QED) is 0.845. The van der Waals surface area contributed by atoms with E-state index in [1.165, 1.54) is 13.8 Å². The Hall–Kier alpha value is -2.25. The third-order valence-corrected chi connectivity index (χ3v) is 4.21. The van der Waals surface area contributed by atoms with Crippen LogP contribution in [0.2, 0.25) is 0 Å². The molecule has 1 N–H and O–H groups in total. The molecule has 7 heteroatoms. The fourth-order valence-corrected chi connectivity index (χ4v) is 2.85. The summed E-state index contributed by atoms with van der Waals surface area (Å²) >= 11 is 0. The zero-order valence-electron chi connectivity index (χ0n) is 12.4. The van der Waals surface area contributed by atoms with E-state index in [-0.39, 0.29) is 16.9 Å². The third-order valence-electron chi connectivity index (χ3n) is 3.33. The van der Waals surface area contributed by atoms with Crippen molar-refractivity contribution in [3.63, 3.8) is 0 Å². The zero-order valence-corrected chi connectivity index (χ0v) is 13.2. The predicted molar refractivity (Wildman–Crippen MR) is 82.3 cm³/mol. The van der Waals surface area contributed by atoms with Crippen molar-refractivity contribution in [3.8, 4) is 11.5 Å². The fraction of sp³-hybridized carbons (Fsp3) is 0.125. The van der Waals surface area contributed by atoms with E-state index in [0.29, 0.717) is 5.75 Å². The van der Waals surface area contributed by atoms with Gasteiger partial charge >= 0.3 is 0 Å². The highest BCUT2D eigenvalue weighted by atomic mass is 32.2. The van der Waals surface area contributed by atoms with Crippen LogP contribution in [-0.4, -0.2) is 13.0 Å². The Kier molecular flexibility index (Phi) is 4.53. The first kappa shape index (κ1) is 17.1. The second-order valence-corrected chi connectivity index (χ2v) is 6.24. The molecule has 0 fully saturated rings. The molecule has 0 aliphatic carbocycles. The molecule has 2 aromatic carbocycles. The summed E-state index contributed by atoms with van der Waals surface area (Å²) in [5, 5.41) is 0. The maximum Gasteiger partial charge on any atom is 0.300 e. The van der Waals surface area contributed by atoms with Crippen LogP contribution in [0.4, 0.5) is 8.78 Å². The molecule has 0 bridgehead atoms. The minimum atomic E-state index is -5.02. The molecule has 0 amide bonds. The van der Waals surface area contributed by atoms with Gasteiger partial charge in [-0.15, -0.1) is 0 Å². The highest BCUT2D eigenvalue weighted by molar-refractivity contribution is 7.85. The largest absolute Gasteiger partial charge is 0.457 e. The van der Waals surface area contributed by atoms with Gasteiger partial charge < -0.3 is 4.74 Å². The number of benzene rings is 2. The topological polar surface area (TPSA) is 63.6 Å². The third kappa shape index (κ3) is 3.25. The van der Waals surface area contributed by atoms with Crippen LogP contribution in [0.15, 0.2) is 35.7 Å². The lowest BCUT2D eigenvalue weighted by Crippen LogP contribution is -2.10. The molecule has 0 saturated heterocycles. The van der Waals surface area contributed by atoms with Gasteiger partial charge in [0.15, 0.2) is 16.5 Å². The molecule has 0 saturated carbocycles. The van der Waals surface area contributed by atoms with Crippen LogP contribution in [0.1, 0.15) is 16.7 Å². The highest BCUT2D eigenvalue weighted by Gasteiger charge is 2.29. The van der Waals surface area contributed by atoms with Crippen LogP contribution in [0.3, 0.4) is 0 Å². The minimum absolute atomic E-state index is 0.140.